The van der Waals surface area contributed by atoms with E-state index >= 15 is 0 Å². The Labute approximate surface area is 196 Å². The lowest BCUT2D eigenvalue weighted by Gasteiger charge is -2.27. The first kappa shape index (κ1) is 22.8. The molecular formula is C26H24N2O6. The van der Waals surface area contributed by atoms with Gasteiger partial charge in [0.25, 0.3) is 5.91 Å². The van der Waals surface area contributed by atoms with Crippen LogP contribution in [0.2, 0.25) is 0 Å². The molecule has 0 saturated carbocycles. The summed E-state index contributed by atoms with van der Waals surface area (Å²) in [6.45, 7) is 1.90. The molecule has 2 N–H and O–H groups in total. The summed E-state index contributed by atoms with van der Waals surface area (Å²) in [6.07, 6.45) is 3.45. The van der Waals surface area contributed by atoms with E-state index in [4.69, 9.17) is 9.47 Å². The van der Waals surface area contributed by atoms with Gasteiger partial charge in [-0.15, -0.1) is 0 Å². The molecule has 8 nitrogen and oxygen atoms in total. The molecule has 2 heterocycles. The fourth-order valence-corrected chi connectivity index (χ4v) is 4.14. The second-order valence-electron chi connectivity index (χ2n) is 7.93. The first-order chi connectivity index (χ1) is 16.3. The number of ketones is 1. The van der Waals surface area contributed by atoms with E-state index in [0.717, 1.165) is 11.1 Å². The SMILES string of the molecule is COc1ccc(/C([O-])=C2\C(=O)C(=O)N(Cc3ccc[nH+]c3)C2c2ccc(O)c(OC)c2)cc1C. The zero-order valence-electron chi connectivity index (χ0n) is 19.0. The third kappa shape index (κ3) is 4.05. The quantitative estimate of drug-likeness (QED) is 0.342. The van der Waals surface area contributed by atoms with E-state index in [1.807, 2.05) is 6.07 Å². The molecule has 3 aromatic rings. The number of rotatable bonds is 6. The fraction of sp³-hybridized carbons (Fsp3) is 0.192. The summed E-state index contributed by atoms with van der Waals surface area (Å²) in [4.78, 5) is 30.6. The summed E-state index contributed by atoms with van der Waals surface area (Å²) < 4.78 is 10.5. The number of phenolic OH excluding ortho intramolecular Hbond substituents is 1. The van der Waals surface area contributed by atoms with Crippen molar-refractivity contribution in [1.82, 2.24) is 4.90 Å². The highest BCUT2D eigenvalue weighted by molar-refractivity contribution is 6.46. The molecule has 0 radical (unpaired) electrons. The number of aromatic nitrogens is 1. The molecule has 4 rings (SSSR count). The zero-order chi connectivity index (χ0) is 24.4. The molecule has 1 fully saturated rings. The molecule has 1 amide bonds. The maximum absolute atomic E-state index is 13.6. The Hall–Kier alpha value is -4.33. The highest BCUT2D eigenvalue weighted by Crippen LogP contribution is 2.42. The van der Waals surface area contributed by atoms with E-state index in [1.165, 1.54) is 31.3 Å². The first-order valence-electron chi connectivity index (χ1n) is 10.6. The van der Waals surface area contributed by atoms with Gasteiger partial charge in [0.2, 0.25) is 5.78 Å². The van der Waals surface area contributed by atoms with Gasteiger partial charge in [-0.05, 0) is 53.9 Å². The molecule has 1 unspecified atom stereocenters. The number of hydrogen-bond donors (Lipinski definition) is 1. The molecule has 8 heteroatoms. The number of ether oxygens (including phenoxy) is 2. The van der Waals surface area contributed by atoms with Gasteiger partial charge in [-0.2, -0.15) is 0 Å². The van der Waals surface area contributed by atoms with Crippen molar-refractivity contribution in [1.29, 1.82) is 0 Å². The number of aryl methyl sites for hydroxylation is 1. The van der Waals surface area contributed by atoms with Crippen molar-refractivity contribution in [2.45, 2.75) is 19.5 Å². The number of phenols is 1. The molecule has 174 valence electrons. The van der Waals surface area contributed by atoms with Crippen LogP contribution in [0.1, 0.15) is 28.3 Å². The van der Waals surface area contributed by atoms with Gasteiger partial charge >= 0.3 is 0 Å². The number of H-pyrrole nitrogens is 1. The molecular weight excluding hydrogens is 436 g/mol. The van der Waals surface area contributed by atoms with Crippen LogP contribution < -0.4 is 19.6 Å². The minimum absolute atomic E-state index is 0.0928. The average molecular weight is 460 g/mol. The Kier molecular flexibility index (Phi) is 6.23. The van der Waals surface area contributed by atoms with Crippen molar-refractivity contribution in [2.75, 3.05) is 14.2 Å². The number of aromatic amines is 1. The maximum Gasteiger partial charge on any atom is 0.295 e. The number of likely N-dealkylation sites (tertiary alicyclic amines) is 1. The van der Waals surface area contributed by atoms with Gasteiger partial charge in [0.05, 0.1) is 26.8 Å². The molecule has 1 aliphatic rings. The number of benzene rings is 2. The number of pyridine rings is 1. The van der Waals surface area contributed by atoms with Crippen LogP contribution in [-0.2, 0) is 16.1 Å². The van der Waals surface area contributed by atoms with E-state index < -0.39 is 23.5 Å². The lowest BCUT2D eigenvalue weighted by molar-refractivity contribution is -0.378. The van der Waals surface area contributed by atoms with Crippen LogP contribution in [0, 0.1) is 6.92 Å². The summed E-state index contributed by atoms with van der Waals surface area (Å²) in [5.74, 6) is -1.47. The number of aromatic hydroxyl groups is 1. The third-order valence-electron chi connectivity index (χ3n) is 5.83. The first-order valence-corrected chi connectivity index (χ1v) is 10.6. The highest BCUT2D eigenvalue weighted by atomic mass is 16.5. The lowest BCUT2D eigenvalue weighted by Crippen LogP contribution is -2.29. The lowest BCUT2D eigenvalue weighted by atomic mass is 9.94. The van der Waals surface area contributed by atoms with E-state index in [1.54, 1.807) is 49.6 Å². The van der Waals surface area contributed by atoms with Gasteiger partial charge in [0, 0.05) is 17.2 Å². The van der Waals surface area contributed by atoms with Crippen LogP contribution in [0.3, 0.4) is 0 Å². The van der Waals surface area contributed by atoms with Gasteiger partial charge in [0.15, 0.2) is 23.9 Å². The van der Waals surface area contributed by atoms with Gasteiger partial charge in [0.1, 0.15) is 5.75 Å². The monoisotopic (exact) mass is 460 g/mol. The standard InChI is InChI=1S/C26H24N2O6/c1-15-11-18(7-9-20(15)33-2)24(30)22-23(17-6-8-19(29)21(12-17)34-3)28(26(32)25(22)31)14-16-5-4-10-27-13-16/h4-13,23,29-30H,14H2,1-3H3/b24-22+. The molecule has 0 spiro atoms. The third-order valence-corrected chi connectivity index (χ3v) is 5.83. The Morgan fingerprint density at radius 1 is 1.09 bits per heavy atom. The maximum atomic E-state index is 13.6. The Morgan fingerprint density at radius 3 is 2.50 bits per heavy atom. The number of hydrogen-bond acceptors (Lipinski definition) is 6. The van der Waals surface area contributed by atoms with Crippen molar-refractivity contribution in [2.24, 2.45) is 0 Å². The molecule has 1 aliphatic heterocycles. The normalized spacial score (nSPS) is 17.1. The van der Waals surface area contributed by atoms with Crippen LogP contribution in [0.15, 0.2) is 66.5 Å². The molecule has 2 aromatic carbocycles. The summed E-state index contributed by atoms with van der Waals surface area (Å²) in [5, 5.41) is 23.6. The molecule has 0 aliphatic carbocycles. The molecule has 1 saturated heterocycles. The van der Waals surface area contributed by atoms with Gasteiger partial charge < -0.3 is 24.6 Å². The van der Waals surface area contributed by atoms with Crippen LogP contribution in [0.4, 0.5) is 0 Å². The molecule has 1 atom stereocenters. The smallest absolute Gasteiger partial charge is 0.295 e. The Bertz CT molecular complexity index is 1290. The van der Waals surface area contributed by atoms with Crippen LogP contribution >= 0.6 is 0 Å². The summed E-state index contributed by atoms with van der Waals surface area (Å²) in [5.41, 5.74) is 2.09. The Balaban J connectivity index is 1.89. The predicted octanol–water partition coefficient (Wildman–Crippen LogP) is 1.96. The zero-order valence-corrected chi connectivity index (χ0v) is 19.0. The molecule has 1 aromatic heterocycles. The number of amides is 1. The number of methoxy groups -OCH3 is 2. The van der Waals surface area contributed by atoms with Crippen molar-refractivity contribution >= 4 is 17.4 Å². The van der Waals surface area contributed by atoms with Crippen LogP contribution in [0.25, 0.3) is 5.76 Å². The van der Waals surface area contributed by atoms with Crippen molar-refractivity contribution in [3.63, 3.8) is 0 Å². The predicted molar refractivity (Wildman–Crippen MR) is 121 cm³/mol. The molecule has 34 heavy (non-hydrogen) atoms. The number of nitrogens with one attached hydrogen (secondary N) is 1. The fourth-order valence-electron chi connectivity index (χ4n) is 4.14. The van der Waals surface area contributed by atoms with Gasteiger partial charge in [-0.25, -0.2) is 4.98 Å². The second-order valence-corrected chi connectivity index (χ2v) is 7.93. The van der Waals surface area contributed by atoms with E-state index in [-0.39, 0.29) is 29.2 Å². The largest absolute Gasteiger partial charge is 0.872 e. The van der Waals surface area contributed by atoms with E-state index in [0.29, 0.717) is 11.3 Å². The number of carbonyl (C=O) groups is 2. The summed E-state index contributed by atoms with van der Waals surface area (Å²) >= 11 is 0. The van der Waals surface area contributed by atoms with Gasteiger partial charge in [-0.3, -0.25) is 9.59 Å². The van der Waals surface area contributed by atoms with Crippen molar-refractivity contribution in [3.05, 3.63) is 88.8 Å². The van der Waals surface area contributed by atoms with Crippen LogP contribution in [-0.4, -0.2) is 35.9 Å². The van der Waals surface area contributed by atoms with Gasteiger partial charge in [-0.1, -0.05) is 17.9 Å². The molecule has 0 bridgehead atoms. The number of nitrogens with zero attached hydrogens (tertiary/aromatic N) is 1. The van der Waals surface area contributed by atoms with E-state index in [9.17, 15) is 19.8 Å². The topological polar surface area (TPSA) is 113 Å². The van der Waals surface area contributed by atoms with Crippen molar-refractivity contribution in [3.8, 4) is 17.2 Å². The van der Waals surface area contributed by atoms with Crippen molar-refractivity contribution < 1.29 is 34.3 Å². The highest BCUT2D eigenvalue weighted by Gasteiger charge is 2.44. The summed E-state index contributed by atoms with van der Waals surface area (Å²) in [6, 6.07) is 12.0. The second kappa shape index (κ2) is 9.27. The minimum Gasteiger partial charge on any atom is -0.872 e. The number of Topliss-reactive ketones (excluding diaryl/α,β-unsaturated/α-hetero) is 1. The average Bonchev–Trinajstić information content (AvgIpc) is 3.09. The van der Waals surface area contributed by atoms with Crippen LogP contribution in [0.5, 0.6) is 17.2 Å². The van der Waals surface area contributed by atoms with E-state index in [2.05, 4.69) is 4.98 Å². The Morgan fingerprint density at radius 2 is 1.85 bits per heavy atom. The number of carbonyl (C=O) groups excluding carboxylic acids is 2. The summed E-state index contributed by atoms with van der Waals surface area (Å²) in [7, 11) is 2.93. The minimum atomic E-state index is -0.954.